The maximum Gasteiger partial charge on any atom is 0.0971 e. The molecule has 0 radical (unpaired) electrons. The molecule has 0 fully saturated rings. The summed E-state index contributed by atoms with van der Waals surface area (Å²) in [5, 5.41) is 20.1. The molecule has 4 nitrogen and oxygen atoms in total. The maximum absolute atomic E-state index is 5.27. The minimum Gasteiger partial charge on any atom is -0.253 e. The van der Waals surface area contributed by atoms with Crippen molar-refractivity contribution in [1.29, 1.82) is 0 Å². The summed E-state index contributed by atoms with van der Waals surface area (Å²) < 4.78 is 0. The Morgan fingerprint density at radius 2 is 0.453 bits per heavy atom. The zero-order valence-electron chi connectivity index (χ0n) is 48.2. The smallest absolute Gasteiger partial charge is 0.0971 e. The van der Waals surface area contributed by atoms with Crippen molar-refractivity contribution in [2.24, 2.45) is 0 Å². The molecule has 0 N–H and O–H groups in total. The van der Waals surface area contributed by atoms with E-state index in [2.05, 4.69) is 246 Å². The average molecular weight is 1100 g/mol. The lowest BCUT2D eigenvalue weighted by molar-refractivity contribution is 0.610. The summed E-state index contributed by atoms with van der Waals surface area (Å²) >= 11 is 0. The Kier molecular flexibility index (Phi) is 10.6. The lowest BCUT2D eigenvalue weighted by atomic mass is 9.59. The fraction of sp³-hybridized carbons (Fsp3) is 0.0976. The summed E-state index contributed by atoms with van der Waals surface area (Å²) in [6.45, 7) is 9.91. The Balaban J connectivity index is 0.736. The Morgan fingerprint density at radius 1 is 0.198 bits per heavy atom. The maximum atomic E-state index is 5.27. The number of hydrogen-bond acceptors (Lipinski definition) is 4. The van der Waals surface area contributed by atoms with Gasteiger partial charge in [0, 0.05) is 64.6 Å². The highest BCUT2D eigenvalue weighted by Gasteiger charge is 2.43. The molecule has 0 spiro atoms. The van der Waals surface area contributed by atoms with E-state index in [1.165, 1.54) is 137 Å². The van der Waals surface area contributed by atoms with Crippen LogP contribution < -0.4 is 0 Å². The second-order valence-corrected chi connectivity index (χ2v) is 24.3. The molecule has 14 aromatic carbocycles. The normalized spacial score (nSPS) is 16.8. The monoisotopic (exact) mass is 1100 g/mol. The summed E-state index contributed by atoms with van der Waals surface area (Å²) in [6, 6.07) is 81.8. The molecule has 2 aliphatic rings. The molecule has 0 aliphatic heterocycles. The van der Waals surface area contributed by atoms with Gasteiger partial charge in [-0.2, -0.15) is 0 Å². The van der Waals surface area contributed by atoms with Crippen LogP contribution in [0.2, 0.25) is 0 Å². The third-order valence-electron chi connectivity index (χ3n) is 20.1. The molecular formula is C82H56N4. The molecule has 404 valence electrons. The first-order valence-electron chi connectivity index (χ1n) is 30.4. The van der Waals surface area contributed by atoms with E-state index in [-0.39, 0.29) is 23.7 Å². The van der Waals surface area contributed by atoms with Crippen molar-refractivity contribution in [3.63, 3.8) is 0 Å². The van der Waals surface area contributed by atoms with Gasteiger partial charge in [-0.3, -0.25) is 19.9 Å². The van der Waals surface area contributed by atoms with Gasteiger partial charge in [-0.05, 0) is 173 Å². The van der Waals surface area contributed by atoms with E-state index >= 15 is 0 Å². The molecule has 4 unspecified atom stereocenters. The second kappa shape index (κ2) is 18.5. The number of benzene rings is 14. The first kappa shape index (κ1) is 49.0. The number of hydrogen-bond donors (Lipinski definition) is 0. The van der Waals surface area contributed by atoms with Gasteiger partial charge in [-0.1, -0.05) is 221 Å². The average Bonchev–Trinajstić information content (AvgIpc) is 0.814. The standard InChI is InChI=1S/C82H56N4/c1-45-73-47(3)77-66-33-29-56(52-18-14-15-49(40-52)53-27-31-63-59-21-6-5-19-57(59)58-20-7-8-22-60(58)69(63)41-53)44-72(66)81-82(86-38-37-85-81)78(77)48(4)74(73)46(2)75-64-25-11-9-23-61(64)70-42-54(28-32-65(70)76(45)75)50-16-13-17-51(39-50)55-30-34-68-71(43-55)62-24-10-12-26-67(62)79-80(68)84-36-35-83-79/h5-48H,1-4H3. The Labute approximate surface area is 497 Å². The van der Waals surface area contributed by atoms with Gasteiger partial charge in [0.2, 0.25) is 0 Å². The van der Waals surface area contributed by atoms with Crippen LogP contribution in [0.15, 0.2) is 254 Å². The Hall–Kier alpha value is -10.4. The number of allylic oxidation sites excluding steroid dienone is 2. The number of aromatic nitrogens is 4. The van der Waals surface area contributed by atoms with Crippen molar-refractivity contribution >= 4 is 108 Å². The van der Waals surface area contributed by atoms with E-state index in [1.54, 1.807) is 23.5 Å². The Bertz CT molecular complexity index is 5280. The van der Waals surface area contributed by atoms with E-state index in [4.69, 9.17) is 19.9 Å². The third kappa shape index (κ3) is 6.98. The van der Waals surface area contributed by atoms with Crippen LogP contribution in [0.1, 0.15) is 73.6 Å². The molecule has 2 aromatic heterocycles. The first-order chi connectivity index (χ1) is 42.3. The molecule has 2 heterocycles. The molecule has 16 aromatic rings. The van der Waals surface area contributed by atoms with Crippen LogP contribution in [0.5, 0.6) is 0 Å². The summed E-state index contributed by atoms with van der Waals surface area (Å²) in [5.41, 5.74) is 22.1. The van der Waals surface area contributed by atoms with Gasteiger partial charge in [-0.25, -0.2) is 0 Å². The van der Waals surface area contributed by atoms with Gasteiger partial charge in [0.1, 0.15) is 0 Å². The molecule has 86 heavy (non-hydrogen) atoms. The number of rotatable bonds is 4. The van der Waals surface area contributed by atoms with E-state index < -0.39 is 0 Å². The van der Waals surface area contributed by atoms with Gasteiger partial charge in [0.15, 0.2) is 0 Å². The summed E-state index contributed by atoms with van der Waals surface area (Å²) in [4.78, 5) is 20.1. The van der Waals surface area contributed by atoms with E-state index in [0.717, 1.165) is 38.2 Å². The van der Waals surface area contributed by atoms with E-state index in [9.17, 15) is 0 Å². The van der Waals surface area contributed by atoms with Crippen molar-refractivity contribution in [1.82, 2.24) is 19.9 Å². The van der Waals surface area contributed by atoms with E-state index in [0.29, 0.717) is 0 Å². The third-order valence-corrected chi connectivity index (χ3v) is 20.1. The molecule has 0 saturated carbocycles. The van der Waals surface area contributed by atoms with E-state index in [1.807, 2.05) is 12.4 Å². The van der Waals surface area contributed by atoms with Crippen molar-refractivity contribution in [3.05, 3.63) is 277 Å². The molecule has 4 atom stereocenters. The van der Waals surface area contributed by atoms with Crippen LogP contribution in [0.25, 0.3) is 153 Å². The molecule has 4 heteroatoms. The minimum atomic E-state index is 0.136. The van der Waals surface area contributed by atoms with Crippen molar-refractivity contribution < 1.29 is 0 Å². The largest absolute Gasteiger partial charge is 0.253 e. The van der Waals surface area contributed by atoms with Crippen LogP contribution in [0.3, 0.4) is 0 Å². The van der Waals surface area contributed by atoms with Crippen LogP contribution in [0, 0.1) is 0 Å². The fourth-order valence-corrected chi connectivity index (χ4v) is 16.4. The number of nitrogens with zero attached hydrogens (tertiary/aromatic N) is 4. The quantitative estimate of drug-likeness (QED) is 0.130. The van der Waals surface area contributed by atoms with Crippen LogP contribution in [0.4, 0.5) is 0 Å². The van der Waals surface area contributed by atoms with Gasteiger partial charge < -0.3 is 0 Å². The van der Waals surface area contributed by atoms with Crippen molar-refractivity contribution in [3.8, 4) is 44.5 Å². The van der Waals surface area contributed by atoms with Crippen molar-refractivity contribution in [2.45, 2.75) is 51.4 Å². The van der Waals surface area contributed by atoms with Gasteiger partial charge in [0.05, 0.1) is 22.1 Å². The summed E-state index contributed by atoms with van der Waals surface area (Å²) in [6.07, 6.45) is 7.36. The molecular weight excluding hydrogens is 1040 g/mol. The lowest BCUT2D eigenvalue weighted by Gasteiger charge is -2.44. The predicted octanol–water partition coefficient (Wildman–Crippen LogP) is 21.9. The fourth-order valence-electron chi connectivity index (χ4n) is 16.4. The molecule has 2 aliphatic carbocycles. The van der Waals surface area contributed by atoms with Crippen LogP contribution >= 0.6 is 0 Å². The highest BCUT2D eigenvalue weighted by molar-refractivity contribution is 6.26. The first-order valence-corrected chi connectivity index (χ1v) is 30.4. The predicted molar refractivity (Wildman–Crippen MR) is 362 cm³/mol. The van der Waals surface area contributed by atoms with Crippen molar-refractivity contribution in [2.75, 3.05) is 0 Å². The zero-order chi connectivity index (χ0) is 57.1. The second-order valence-electron chi connectivity index (χ2n) is 24.3. The lowest BCUT2D eigenvalue weighted by Crippen LogP contribution is -2.28. The topological polar surface area (TPSA) is 51.6 Å². The summed E-state index contributed by atoms with van der Waals surface area (Å²) in [5.74, 6) is 0.650. The van der Waals surface area contributed by atoms with Gasteiger partial charge in [0.25, 0.3) is 0 Å². The molecule has 0 bridgehead atoms. The highest BCUT2D eigenvalue weighted by atomic mass is 14.8. The molecule has 0 saturated heterocycles. The highest BCUT2D eigenvalue weighted by Crippen LogP contribution is 2.60. The van der Waals surface area contributed by atoms with Crippen LogP contribution in [-0.4, -0.2) is 19.9 Å². The molecule has 18 rings (SSSR count). The number of fused-ring (bicyclic) bond motifs is 24. The SMILES string of the molecule is CC1C2=C(C(C)c3c1c1ccc(-c4cccc(-c5ccc6c(c5)c5ccccc5c5nccnc65)c4)cc1c1ccccc31)C(C)c1c(c3ccc(-c4cccc(-c5ccc6c7ccccc7c7ccccc7c6c5)c4)cc3c3nccnc13)C2C. The van der Waals surface area contributed by atoms with Crippen LogP contribution in [-0.2, 0) is 0 Å². The van der Waals surface area contributed by atoms with Gasteiger partial charge in [-0.15, -0.1) is 0 Å². The Morgan fingerprint density at radius 3 is 0.930 bits per heavy atom. The molecule has 0 amide bonds. The zero-order valence-corrected chi connectivity index (χ0v) is 48.2. The minimum absolute atomic E-state index is 0.136. The summed E-state index contributed by atoms with van der Waals surface area (Å²) in [7, 11) is 0. The van der Waals surface area contributed by atoms with Gasteiger partial charge >= 0.3 is 0 Å².